The molecule has 1 aliphatic rings. The zero-order chi connectivity index (χ0) is 20.8. The normalized spacial score (nSPS) is 15.0. The van der Waals surface area contributed by atoms with E-state index in [1.807, 2.05) is 48.5 Å². The van der Waals surface area contributed by atoms with Gasteiger partial charge in [-0.2, -0.15) is 15.0 Å². The van der Waals surface area contributed by atoms with Gasteiger partial charge in [0.1, 0.15) is 0 Å². The number of nitrogens with zero attached hydrogens (tertiary/aromatic N) is 3. The molecule has 0 amide bonds. The van der Waals surface area contributed by atoms with Crippen LogP contribution in [0.15, 0.2) is 68.6 Å². The second-order valence-electron chi connectivity index (χ2n) is 7.17. The number of nitrogens with one attached hydrogen (secondary N) is 1. The molecule has 0 aliphatic heterocycles. The Morgan fingerprint density at radius 3 is 1.60 bits per heavy atom. The van der Waals surface area contributed by atoms with Crippen molar-refractivity contribution in [3.63, 3.8) is 0 Å². The molecule has 30 heavy (non-hydrogen) atoms. The number of rotatable bonds is 6. The SMILES string of the molecule is Clc1ccc(Sc2nc(NC3CCCCCC3)nc(Sc3ccc(Cl)cc3)n2)cc1. The van der Waals surface area contributed by atoms with Gasteiger partial charge in [0.25, 0.3) is 0 Å². The van der Waals surface area contributed by atoms with E-state index in [-0.39, 0.29) is 0 Å². The number of benzene rings is 2. The zero-order valence-electron chi connectivity index (χ0n) is 16.4. The Morgan fingerprint density at radius 1 is 0.667 bits per heavy atom. The molecule has 1 aromatic heterocycles. The van der Waals surface area contributed by atoms with Gasteiger partial charge < -0.3 is 5.32 Å². The molecule has 8 heteroatoms. The van der Waals surface area contributed by atoms with Crippen LogP contribution in [0.3, 0.4) is 0 Å². The summed E-state index contributed by atoms with van der Waals surface area (Å²) in [5.41, 5.74) is 0. The second kappa shape index (κ2) is 10.7. The quantitative estimate of drug-likeness (QED) is 0.369. The first-order chi connectivity index (χ1) is 14.6. The highest BCUT2D eigenvalue weighted by molar-refractivity contribution is 7.99. The molecule has 0 spiro atoms. The minimum absolute atomic E-state index is 0.414. The Kier molecular flexibility index (Phi) is 7.77. The smallest absolute Gasteiger partial charge is 0.227 e. The summed E-state index contributed by atoms with van der Waals surface area (Å²) in [4.78, 5) is 16.1. The monoisotopic (exact) mass is 476 g/mol. The number of anilines is 1. The Balaban J connectivity index is 1.58. The van der Waals surface area contributed by atoms with E-state index >= 15 is 0 Å². The lowest BCUT2D eigenvalue weighted by Crippen LogP contribution is -2.20. The average Bonchev–Trinajstić information content (AvgIpc) is 3.00. The van der Waals surface area contributed by atoms with Gasteiger partial charge in [0.05, 0.1) is 0 Å². The summed E-state index contributed by atoms with van der Waals surface area (Å²) in [6.07, 6.45) is 7.44. The highest BCUT2D eigenvalue weighted by Gasteiger charge is 2.16. The van der Waals surface area contributed by atoms with E-state index in [1.165, 1.54) is 49.2 Å². The van der Waals surface area contributed by atoms with Gasteiger partial charge in [-0.25, -0.2) is 0 Å². The third kappa shape index (κ3) is 6.51. The third-order valence-corrected chi connectivity index (χ3v) is 7.08. The standard InChI is InChI=1S/C22H22Cl2N4S2/c23-15-7-11-18(12-8-15)29-21-26-20(25-17-5-3-1-2-4-6-17)27-22(28-21)30-19-13-9-16(24)10-14-19/h7-14,17H,1-6H2,(H,25,26,27,28). The first-order valence-electron chi connectivity index (χ1n) is 10.0. The van der Waals surface area contributed by atoms with Gasteiger partial charge >= 0.3 is 0 Å². The summed E-state index contributed by atoms with van der Waals surface area (Å²) in [6, 6.07) is 15.8. The van der Waals surface area contributed by atoms with Crippen LogP contribution in [-0.2, 0) is 0 Å². The largest absolute Gasteiger partial charge is 0.351 e. The summed E-state index contributed by atoms with van der Waals surface area (Å²) in [5, 5.41) is 6.32. The van der Waals surface area contributed by atoms with Crippen molar-refractivity contribution in [1.82, 2.24) is 15.0 Å². The highest BCUT2D eigenvalue weighted by Crippen LogP contribution is 2.31. The first-order valence-corrected chi connectivity index (χ1v) is 12.4. The fourth-order valence-electron chi connectivity index (χ4n) is 3.32. The van der Waals surface area contributed by atoms with Crippen molar-refractivity contribution < 1.29 is 0 Å². The van der Waals surface area contributed by atoms with E-state index in [4.69, 9.17) is 33.2 Å². The van der Waals surface area contributed by atoms with E-state index in [0.717, 1.165) is 22.6 Å². The molecule has 1 fully saturated rings. The lowest BCUT2D eigenvalue weighted by atomic mass is 10.1. The molecule has 0 radical (unpaired) electrons. The fraction of sp³-hybridized carbons (Fsp3) is 0.318. The van der Waals surface area contributed by atoms with Gasteiger partial charge in [0.15, 0.2) is 10.3 Å². The van der Waals surface area contributed by atoms with Crippen molar-refractivity contribution in [2.24, 2.45) is 0 Å². The predicted molar refractivity (Wildman–Crippen MR) is 126 cm³/mol. The molecular weight excluding hydrogens is 455 g/mol. The number of aromatic nitrogens is 3. The third-order valence-electron chi connectivity index (χ3n) is 4.83. The van der Waals surface area contributed by atoms with Crippen molar-refractivity contribution >= 4 is 52.7 Å². The maximum absolute atomic E-state index is 6.02. The van der Waals surface area contributed by atoms with Crippen molar-refractivity contribution in [2.75, 3.05) is 5.32 Å². The van der Waals surface area contributed by atoms with Crippen molar-refractivity contribution in [3.8, 4) is 0 Å². The van der Waals surface area contributed by atoms with Gasteiger partial charge in [-0.1, -0.05) is 48.9 Å². The summed E-state index contributed by atoms with van der Waals surface area (Å²) in [5.74, 6) is 0.643. The molecule has 156 valence electrons. The zero-order valence-corrected chi connectivity index (χ0v) is 19.5. The lowest BCUT2D eigenvalue weighted by molar-refractivity contribution is 0.609. The molecule has 3 aromatic rings. The maximum atomic E-state index is 6.02. The predicted octanol–water partition coefficient (Wildman–Crippen LogP) is 7.62. The molecule has 0 atom stereocenters. The van der Waals surface area contributed by atoms with Gasteiger partial charge in [-0.05, 0) is 84.9 Å². The van der Waals surface area contributed by atoms with Crippen molar-refractivity contribution in [2.45, 2.75) is 64.7 Å². The summed E-state index contributed by atoms with van der Waals surface area (Å²) in [7, 11) is 0. The van der Waals surface area contributed by atoms with Crippen LogP contribution in [-0.4, -0.2) is 21.0 Å². The maximum Gasteiger partial charge on any atom is 0.227 e. The minimum Gasteiger partial charge on any atom is -0.351 e. The second-order valence-corrected chi connectivity index (χ2v) is 10.1. The van der Waals surface area contributed by atoms with Crippen LogP contribution in [0.25, 0.3) is 0 Å². The molecule has 2 aromatic carbocycles. The van der Waals surface area contributed by atoms with Gasteiger partial charge in [0, 0.05) is 25.9 Å². The Hall–Kier alpha value is -1.47. The van der Waals surface area contributed by atoms with Crippen molar-refractivity contribution in [3.05, 3.63) is 58.6 Å². The fourth-order valence-corrected chi connectivity index (χ4v) is 5.12. The number of hydrogen-bond donors (Lipinski definition) is 1. The molecule has 1 saturated carbocycles. The Morgan fingerprint density at radius 2 is 1.13 bits per heavy atom. The van der Waals surface area contributed by atoms with Gasteiger partial charge in [0.2, 0.25) is 5.95 Å². The molecular formula is C22H22Cl2N4S2. The molecule has 1 N–H and O–H groups in total. The molecule has 1 heterocycles. The van der Waals surface area contributed by atoms with E-state index < -0.39 is 0 Å². The van der Waals surface area contributed by atoms with Crippen LogP contribution in [0.5, 0.6) is 0 Å². The Labute approximate surface area is 195 Å². The Bertz CT molecular complexity index is 894. The van der Waals surface area contributed by atoms with E-state index in [1.54, 1.807) is 0 Å². The number of halogens is 2. The number of hydrogen-bond acceptors (Lipinski definition) is 6. The van der Waals surface area contributed by atoms with Crippen LogP contribution in [0, 0.1) is 0 Å². The molecule has 0 bridgehead atoms. The first kappa shape index (κ1) is 21.8. The van der Waals surface area contributed by atoms with Gasteiger partial charge in [-0.3, -0.25) is 0 Å². The van der Waals surface area contributed by atoms with Crippen LogP contribution >= 0.6 is 46.7 Å². The molecule has 0 saturated heterocycles. The molecule has 1 aliphatic carbocycles. The van der Waals surface area contributed by atoms with Crippen LogP contribution < -0.4 is 5.32 Å². The average molecular weight is 477 g/mol. The summed E-state index contributed by atoms with van der Waals surface area (Å²) in [6.45, 7) is 0. The van der Waals surface area contributed by atoms with Crippen LogP contribution in [0.2, 0.25) is 10.0 Å². The van der Waals surface area contributed by atoms with Gasteiger partial charge in [-0.15, -0.1) is 0 Å². The van der Waals surface area contributed by atoms with Crippen molar-refractivity contribution in [1.29, 1.82) is 0 Å². The molecule has 0 unspecified atom stereocenters. The van der Waals surface area contributed by atoms with E-state index in [0.29, 0.717) is 32.3 Å². The molecule has 4 rings (SSSR count). The van der Waals surface area contributed by atoms with E-state index in [9.17, 15) is 0 Å². The highest BCUT2D eigenvalue weighted by atomic mass is 35.5. The minimum atomic E-state index is 0.414. The van der Waals surface area contributed by atoms with E-state index in [2.05, 4.69) is 10.3 Å². The topological polar surface area (TPSA) is 50.7 Å². The summed E-state index contributed by atoms with van der Waals surface area (Å²) < 4.78 is 0. The van der Waals surface area contributed by atoms with Crippen LogP contribution in [0.4, 0.5) is 5.95 Å². The molecule has 4 nitrogen and oxygen atoms in total. The lowest BCUT2D eigenvalue weighted by Gasteiger charge is -2.17. The van der Waals surface area contributed by atoms with Crippen LogP contribution in [0.1, 0.15) is 38.5 Å². The summed E-state index contributed by atoms with van der Waals surface area (Å²) >= 11 is 15.0.